The molecule has 1 saturated heterocycles. The summed E-state index contributed by atoms with van der Waals surface area (Å²) >= 11 is 0. The van der Waals surface area contributed by atoms with Gasteiger partial charge in [0, 0.05) is 12.6 Å². The van der Waals surface area contributed by atoms with E-state index in [1.807, 2.05) is 50.2 Å². The zero-order valence-corrected chi connectivity index (χ0v) is 21.5. The molecule has 1 aromatic carbocycles. The van der Waals surface area contributed by atoms with E-state index in [9.17, 15) is 4.79 Å². The van der Waals surface area contributed by atoms with E-state index >= 15 is 0 Å². The SMILES string of the molecule is CC.COc1ccc(CC(=O)Nc2cnc(Nc3cnc(C#N)cn3)cc2NCC2CCNCC2)cc1. The summed E-state index contributed by atoms with van der Waals surface area (Å²) in [6.07, 6.45) is 6.93. The van der Waals surface area contributed by atoms with Crippen LogP contribution in [-0.2, 0) is 11.2 Å². The first kappa shape index (κ1) is 27.4. The molecule has 194 valence electrons. The van der Waals surface area contributed by atoms with Crippen molar-refractivity contribution < 1.29 is 9.53 Å². The maximum atomic E-state index is 12.8. The van der Waals surface area contributed by atoms with Crippen LogP contribution in [0.1, 0.15) is 37.9 Å². The maximum Gasteiger partial charge on any atom is 0.228 e. The van der Waals surface area contributed by atoms with Gasteiger partial charge in [0.2, 0.25) is 5.91 Å². The van der Waals surface area contributed by atoms with Crippen molar-refractivity contribution in [3.8, 4) is 11.8 Å². The molecule has 1 amide bonds. The number of carbonyl (C=O) groups excluding carboxylic acids is 1. The quantitative estimate of drug-likeness (QED) is 0.340. The zero-order valence-electron chi connectivity index (χ0n) is 21.5. The van der Waals surface area contributed by atoms with Crippen LogP contribution in [0.25, 0.3) is 0 Å². The molecule has 0 saturated carbocycles. The number of aromatic nitrogens is 3. The van der Waals surface area contributed by atoms with Crippen LogP contribution in [0.2, 0.25) is 0 Å². The highest BCUT2D eigenvalue weighted by molar-refractivity contribution is 5.95. The van der Waals surface area contributed by atoms with Crippen molar-refractivity contribution in [1.29, 1.82) is 5.26 Å². The Hall–Kier alpha value is -4.23. The molecule has 1 aliphatic rings. The van der Waals surface area contributed by atoms with Crippen molar-refractivity contribution in [3.63, 3.8) is 0 Å². The molecule has 3 aromatic rings. The van der Waals surface area contributed by atoms with Gasteiger partial charge >= 0.3 is 0 Å². The normalized spacial score (nSPS) is 12.9. The van der Waals surface area contributed by atoms with Crippen LogP contribution >= 0.6 is 0 Å². The number of ether oxygens (including phenoxy) is 1. The van der Waals surface area contributed by atoms with E-state index in [1.165, 1.54) is 12.4 Å². The topological polar surface area (TPSA) is 137 Å². The Labute approximate surface area is 217 Å². The molecule has 1 aliphatic heterocycles. The summed E-state index contributed by atoms with van der Waals surface area (Å²) in [7, 11) is 1.61. The number of rotatable bonds is 9. The number of anilines is 4. The summed E-state index contributed by atoms with van der Waals surface area (Å²) in [6.45, 7) is 6.82. The van der Waals surface area contributed by atoms with Crippen molar-refractivity contribution in [2.24, 2.45) is 5.92 Å². The number of hydrogen-bond donors (Lipinski definition) is 4. The molecule has 2 aromatic heterocycles. The zero-order chi connectivity index (χ0) is 26.5. The van der Waals surface area contributed by atoms with E-state index in [-0.39, 0.29) is 18.0 Å². The fourth-order valence-corrected chi connectivity index (χ4v) is 3.81. The minimum Gasteiger partial charge on any atom is -0.497 e. The van der Waals surface area contributed by atoms with Gasteiger partial charge in [-0.3, -0.25) is 4.79 Å². The number of benzene rings is 1. The highest BCUT2D eigenvalue weighted by atomic mass is 16.5. The van der Waals surface area contributed by atoms with Crippen LogP contribution in [0.4, 0.5) is 23.0 Å². The number of piperidine rings is 1. The molecule has 4 rings (SSSR count). The van der Waals surface area contributed by atoms with Crippen molar-refractivity contribution in [1.82, 2.24) is 20.3 Å². The second-order valence-corrected chi connectivity index (χ2v) is 8.29. The molecule has 3 heterocycles. The molecule has 4 N–H and O–H groups in total. The average molecular weight is 503 g/mol. The van der Waals surface area contributed by atoms with Crippen molar-refractivity contribution >= 4 is 28.9 Å². The monoisotopic (exact) mass is 502 g/mol. The Kier molecular flexibility index (Phi) is 10.6. The van der Waals surface area contributed by atoms with Gasteiger partial charge in [-0.25, -0.2) is 15.0 Å². The highest BCUT2D eigenvalue weighted by Gasteiger charge is 2.15. The van der Waals surface area contributed by atoms with Crippen molar-refractivity contribution in [3.05, 3.63) is 60.2 Å². The lowest BCUT2D eigenvalue weighted by atomic mass is 9.98. The Morgan fingerprint density at radius 3 is 2.43 bits per heavy atom. The van der Waals surface area contributed by atoms with Crippen LogP contribution in [0, 0.1) is 17.2 Å². The van der Waals surface area contributed by atoms with E-state index in [1.54, 1.807) is 13.3 Å². The lowest BCUT2D eigenvalue weighted by Gasteiger charge is -2.24. The molecule has 1 fully saturated rings. The summed E-state index contributed by atoms with van der Waals surface area (Å²) < 4.78 is 5.18. The highest BCUT2D eigenvalue weighted by Crippen LogP contribution is 2.26. The third-order valence-corrected chi connectivity index (χ3v) is 5.76. The van der Waals surface area contributed by atoms with E-state index in [4.69, 9.17) is 10.00 Å². The van der Waals surface area contributed by atoms with Crippen LogP contribution in [-0.4, -0.2) is 47.6 Å². The summed E-state index contributed by atoms with van der Waals surface area (Å²) in [5.74, 6) is 2.17. The first-order valence-corrected chi connectivity index (χ1v) is 12.5. The lowest BCUT2D eigenvalue weighted by molar-refractivity contribution is -0.115. The predicted molar refractivity (Wildman–Crippen MR) is 145 cm³/mol. The second-order valence-electron chi connectivity index (χ2n) is 8.29. The predicted octanol–water partition coefficient (Wildman–Crippen LogP) is 4.11. The Bertz CT molecular complexity index is 1170. The molecule has 0 aliphatic carbocycles. The molecule has 0 unspecified atom stereocenters. The first-order chi connectivity index (χ1) is 18.1. The minimum absolute atomic E-state index is 0.138. The fourth-order valence-electron chi connectivity index (χ4n) is 3.81. The van der Waals surface area contributed by atoms with Gasteiger partial charge in [0.15, 0.2) is 5.69 Å². The largest absolute Gasteiger partial charge is 0.497 e. The Morgan fingerprint density at radius 2 is 1.78 bits per heavy atom. The minimum atomic E-state index is -0.138. The number of pyridine rings is 1. The number of hydrogen-bond acceptors (Lipinski definition) is 9. The van der Waals surface area contributed by atoms with E-state index in [0.717, 1.165) is 49.5 Å². The summed E-state index contributed by atoms with van der Waals surface area (Å²) in [5.41, 5.74) is 2.50. The maximum absolute atomic E-state index is 12.8. The first-order valence-electron chi connectivity index (χ1n) is 12.5. The fraction of sp³-hybridized carbons (Fsp3) is 0.370. The number of nitrogens with zero attached hydrogens (tertiary/aromatic N) is 4. The van der Waals surface area contributed by atoms with Gasteiger partial charge in [-0.2, -0.15) is 5.26 Å². The molecule has 0 atom stereocenters. The van der Waals surface area contributed by atoms with E-state index in [2.05, 4.69) is 36.2 Å². The number of methoxy groups -OCH3 is 1. The number of nitriles is 1. The van der Waals surface area contributed by atoms with Gasteiger partial charge in [-0.05, 0) is 49.5 Å². The van der Waals surface area contributed by atoms with Crippen molar-refractivity contribution in [2.75, 3.05) is 42.7 Å². The molecule has 10 nitrogen and oxygen atoms in total. The molecule has 10 heteroatoms. The lowest BCUT2D eigenvalue weighted by Crippen LogP contribution is -2.31. The smallest absolute Gasteiger partial charge is 0.228 e. The second kappa shape index (κ2) is 14.4. The molecule has 0 radical (unpaired) electrons. The summed E-state index contributed by atoms with van der Waals surface area (Å²) in [4.78, 5) is 25.4. The third-order valence-electron chi connectivity index (χ3n) is 5.76. The molecular formula is C27H34N8O2. The summed E-state index contributed by atoms with van der Waals surface area (Å²) in [5, 5.41) is 21.9. The van der Waals surface area contributed by atoms with Gasteiger partial charge in [0.1, 0.15) is 23.5 Å². The Morgan fingerprint density at radius 1 is 1.05 bits per heavy atom. The molecule has 37 heavy (non-hydrogen) atoms. The number of nitrogens with one attached hydrogen (secondary N) is 4. The molecule has 0 spiro atoms. The molecular weight excluding hydrogens is 468 g/mol. The van der Waals surface area contributed by atoms with Gasteiger partial charge in [-0.1, -0.05) is 26.0 Å². The van der Waals surface area contributed by atoms with Gasteiger partial charge in [-0.15, -0.1) is 0 Å². The van der Waals surface area contributed by atoms with E-state index < -0.39 is 0 Å². The Balaban J connectivity index is 0.00000186. The standard InChI is InChI=1S/C25H28N8O2.C2H6/c1-35-20-4-2-17(3-5-20)10-25(34)32-22-15-31-23(33-24-16-28-19(12-26)14-30-24)11-21(22)29-13-18-6-8-27-9-7-18;1-2/h2-5,11,14-16,18,27H,6-10,13H2,1H3,(H,32,34)(H2,29,30,31,33);1-2H3. The van der Waals surface area contributed by atoms with E-state index in [0.29, 0.717) is 23.2 Å². The summed E-state index contributed by atoms with van der Waals surface area (Å²) in [6, 6.07) is 11.2. The van der Waals surface area contributed by atoms with Crippen LogP contribution < -0.4 is 26.0 Å². The average Bonchev–Trinajstić information content (AvgIpc) is 2.95. The van der Waals surface area contributed by atoms with Crippen LogP contribution in [0.15, 0.2) is 48.9 Å². The number of carbonyl (C=O) groups is 1. The van der Waals surface area contributed by atoms with Gasteiger partial charge in [0.25, 0.3) is 0 Å². The molecule has 0 bridgehead atoms. The van der Waals surface area contributed by atoms with Crippen LogP contribution in [0.5, 0.6) is 5.75 Å². The van der Waals surface area contributed by atoms with Gasteiger partial charge in [0.05, 0.1) is 43.5 Å². The van der Waals surface area contributed by atoms with Crippen molar-refractivity contribution in [2.45, 2.75) is 33.1 Å². The number of amides is 1. The van der Waals surface area contributed by atoms with Crippen LogP contribution in [0.3, 0.4) is 0 Å². The van der Waals surface area contributed by atoms with Gasteiger partial charge < -0.3 is 26.0 Å². The third kappa shape index (κ3) is 8.44.